The number of hydrogen-bond donors (Lipinski definition) is 1. The third kappa shape index (κ3) is 12.4. The molecule has 1 N–H and O–H groups in total. The molecule has 0 aromatic rings. The number of nitrogens with zero attached hydrogens (tertiary/aromatic N) is 1. The quantitative estimate of drug-likeness (QED) is 0.446. The standard InChI is InChI=1S/C5H12N2.BF4/c1-7-4-2-6-3-5-7;2-1(3,4)5/h6H,2-5H2,1H3;/q;-1. The van der Waals surface area contributed by atoms with Gasteiger partial charge in [0.15, 0.2) is 0 Å². The van der Waals surface area contributed by atoms with Crippen LogP contribution in [0.4, 0.5) is 17.3 Å². The summed E-state index contributed by atoms with van der Waals surface area (Å²) in [4.78, 5) is 2.33. The van der Waals surface area contributed by atoms with E-state index in [0.717, 1.165) is 13.1 Å². The van der Waals surface area contributed by atoms with Crippen molar-refractivity contribution in [1.29, 1.82) is 0 Å². The Kier molecular flexibility index (Phi) is 5.24. The van der Waals surface area contributed by atoms with Gasteiger partial charge in [-0.3, -0.25) is 0 Å². The maximum Gasteiger partial charge on any atom is 0.673 e. The zero-order valence-electron chi connectivity index (χ0n) is 6.86. The molecule has 2 nitrogen and oxygen atoms in total. The zero-order valence-corrected chi connectivity index (χ0v) is 6.86. The molecule has 1 saturated heterocycles. The lowest BCUT2D eigenvalue weighted by Crippen LogP contribution is -2.40. The number of piperazine rings is 1. The van der Waals surface area contributed by atoms with Crippen molar-refractivity contribution in [3.63, 3.8) is 0 Å². The fourth-order valence-electron chi connectivity index (χ4n) is 0.777. The SMILES string of the molecule is CN1CCNCC1.F[B-](F)(F)F. The van der Waals surface area contributed by atoms with Crippen LogP contribution in [-0.4, -0.2) is 45.4 Å². The highest BCUT2D eigenvalue weighted by molar-refractivity contribution is 6.50. The summed E-state index contributed by atoms with van der Waals surface area (Å²) in [5.41, 5.74) is 0. The normalized spacial score (nSPS) is 19.8. The van der Waals surface area contributed by atoms with Crippen molar-refractivity contribution in [3.8, 4) is 0 Å². The van der Waals surface area contributed by atoms with Gasteiger partial charge in [0.25, 0.3) is 0 Å². The van der Waals surface area contributed by atoms with Gasteiger partial charge in [0, 0.05) is 26.2 Å². The number of likely N-dealkylation sites (N-methyl/N-ethyl adjacent to an activating group) is 1. The van der Waals surface area contributed by atoms with E-state index in [-0.39, 0.29) is 0 Å². The van der Waals surface area contributed by atoms with Gasteiger partial charge >= 0.3 is 7.25 Å². The molecule has 1 rings (SSSR count). The van der Waals surface area contributed by atoms with Crippen molar-refractivity contribution in [2.45, 2.75) is 0 Å². The lowest BCUT2D eigenvalue weighted by molar-refractivity contribution is 0.291. The summed E-state index contributed by atoms with van der Waals surface area (Å²) in [6.45, 7) is 4.74. The van der Waals surface area contributed by atoms with Crippen LogP contribution in [0.2, 0.25) is 0 Å². The van der Waals surface area contributed by atoms with Crippen LogP contribution in [-0.2, 0) is 0 Å². The molecule has 0 bridgehead atoms. The number of hydrogen-bond acceptors (Lipinski definition) is 2. The van der Waals surface area contributed by atoms with Gasteiger partial charge in [0.2, 0.25) is 0 Å². The Morgan fingerprint density at radius 2 is 1.42 bits per heavy atom. The molecule has 0 unspecified atom stereocenters. The van der Waals surface area contributed by atoms with Crippen molar-refractivity contribution < 1.29 is 17.3 Å². The largest absolute Gasteiger partial charge is 0.673 e. The molecule has 74 valence electrons. The summed E-state index contributed by atoms with van der Waals surface area (Å²) in [6, 6.07) is 0. The maximum atomic E-state index is 9.75. The van der Waals surface area contributed by atoms with Crippen molar-refractivity contribution in [2.75, 3.05) is 33.2 Å². The van der Waals surface area contributed by atoms with Crippen LogP contribution < -0.4 is 5.32 Å². The topological polar surface area (TPSA) is 15.3 Å². The van der Waals surface area contributed by atoms with Gasteiger partial charge in [0.1, 0.15) is 0 Å². The van der Waals surface area contributed by atoms with Crippen molar-refractivity contribution in [1.82, 2.24) is 10.2 Å². The fraction of sp³-hybridized carbons (Fsp3) is 1.00. The van der Waals surface area contributed by atoms with Gasteiger partial charge in [-0.2, -0.15) is 0 Å². The number of halogens is 4. The molecular weight excluding hydrogens is 175 g/mol. The molecule has 1 aliphatic rings. The minimum Gasteiger partial charge on any atom is -0.418 e. The highest BCUT2D eigenvalue weighted by Crippen LogP contribution is 2.06. The molecule has 7 heteroatoms. The van der Waals surface area contributed by atoms with Crippen LogP contribution in [0, 0.1) is 0 Å². The van der Waals surface area contributed by atoms with E-state index in [0.29, 0.717) is 0 Å². The molecule has 1 fully saturated rings. The average molecular weight is 187 g/mol. The second-order valence-electron chi connectivity index (χ2n) is 2.55. The first kappa shape index (κ1) is 11.7. The van der Waals surface area contributed by atoms with E-state index in [4.69, 9.17) is 0 Å². The molecule has 1 heterocycles. The van der Waals surface area contributed by atoms with E-state index in [1.54, 1.807) is 0 Å². The van der Waals surface area contributed by atoms with E-state index in [2.05, 4.69) is 17.3 Å². The molecule has 0 amide bonds. The third-order valence-electron chi connectivity index (χ3n) is 1.34. The van der Waals surface area contributed by atoms with Crippen LogP contribution in [0.15, 0.2) is 0 Å². The van der Waals surface area contributed by atoms with E-state index >= 15 is 0 Å². The predicted molar refractivity (Wildman–Crippen MR) is 40.6 cm³/mol. The zero-order chi connectivity index (χ0) is 9.61. The van der Waals surface area contributed by atoms with Crippen LogP contribution in [0.1, 0.15) is 0 Å². The lowest BCUT2D eigenvalue weighted by Gasteiger charge is -2.21. The van der Waals surface area contributed by atoms with E-state index < -0.39 is 7.25 Å². The van der Waals surface area contributed by atoms with Gasteiger partial charge in [0.05, 0.1) is 0 Å². The predicted octanol–water partition coefficient (Wildman–Crippen LogP) is 0.821. The Labute approximate surface area is 69.0 Å². The second kappa shape index (κ2) is 5.37. The van der Waals surface area contributed by atoms with Gasteiger partial charge < -0.3 is 27.5 Å². The molecule has 0 aromatic carbocycles. The van der Waals surface area contributed by atoms with Crippen molar-refractivity contribution in [2.24, 2.45) is 0 Å². The first-order valence-electron chi connectivity index (χ1n) is 3.66. The Hall–Kier alpha value is -0.295. The maximum absolute atomic E-state index is 9.75. The Balaban J connectivity index is 0.000000217. The van der Waals surface area contributed by atoms with Gasteiger partial charge in [-0.05, 0) is 7.05 Å². The molecular formula is C5H12BF4N2-. The molecule has 0 spiro atoms. The summed E-state index contributed by atoms with van der Waals surface area (Å²) in [6.07, 6.45) is 0. The number of nitrogens with one attached hydrogen (secondary N) is 1. The Morgan fingerprint density at radius 1 is 1.08 bits per heavy atom. The first-order chi connectivity index (χ1) is 5.39. The first-order valence-corrected chi connectivity index (χ1v) is 3.66. The van der Waals surface area contributed by atoms with Gasteiger partial charge in [-0.1, -0.05) is 0 Å². The molecule has 0 atom stereocenters. The number of rotatable bonds is 0. The molecule has 0 saturated carbocycles. The minimum atomic E-state index is -6.00. The van der Waals surface area contributed by atoms with E-state index in [1.165, 1.54) is 13.1 Å². The lowest BCUT2D eigenvalue weighted by atomic mass is 10.3. The third-order valence-corrected chi connectivity index (χ3v) is 1.34. The highest BCUT2D eigenvalue weighted by atomic mass is 19.5. The van der Waals surface area contributed by atoms with Crippen LogP contribution in [0.25, 0.3) is 0 Å². The molecule has 0 aromatic heterocycles. The highest BCUT2D eigenvalue weighted by Gasteiger charge is 2.20. The monoisotopic (exact) mass is 187 g/mol. The van der Waals surface area contributed by atoms with Crippen LogP contribution in [0.3, 0.4) is 0 Å². The molecule has 0 aliphatic carbocycles. The van der Waals surface area contributed by atoms with Crippen molar-refractivity contribution in [3.05, 3.63) is 0 Å². The molecule has 0 radical (unpaired) electrons. The van der Waals surface area contributed by atoms with Crippen LogP contribution in [0.5, 0.6) is 0 Å². The van der Waals surface area contributed by atoms with Crippen molar-refractivity contribution >= 4 is 7.25 Å². The van der Waals surface area contributed by atoms with E-state index in [1.807, 2.05) is 0 Å². The summed E-state index contributed by atoms with van der Waals surface area (Å²) in [5, 5.41) is 3.27. The Morgan fingerprint density at radius 3 is 1.58 bits per heavy atom. The summed E-state index contributed by atoms with van der Waals surface area (Å²) in [7, 11) is -3.85. The summed E-state index contributed by atoms with van der Waals surface area (Å²) in [5.74, 6) is 0. The Bertz CT molecular complexity index is 107. The molecule has 1 aliphatic heterocycles. The summed E-state index contributed by atoms with van der Waals surface area (Å²) < 4.78 is 39.0. The minimum absolute atomic E-state index is 1.16. The second-order valence-corrected chi connectivity index (χ2v) is 2.55. The fourth-order valence-corrected chi connectivity index (χ4v) is 0.777. The average Bonchev–Trinajstić information content (AvgIpc) is 1.85. The molecule has 12 heavy (non-hydrogen) atoms. The van der Waals surface area contributed by atoms with Crippen LogP contribution >= 0.6 is 0 Å². The summed E-state index contributed by atoms with van der Waals surface area (Å²) >= 11 is 0. The smallest absolute Gasteiger partial charge is 0.418 e. The van der Waals surface area contributed by atoms with Gasteiger partial charge in [-0.25, -0.2) is 0 Å². The van der Waals surface area contributed by atoms with E-state index in [9.17, 15) is 17.3 Å². The van der Waals surface area contributed by atoms with Gasteiger partial charge in [-0.15, -0.1) is 0 Å².